The van der Waals surface area contributed by atoms with E-state index < -0.39 is 23.2 Å². The fourth-order valence-corrected chi connectivity index (χ4v) is 3.28. The number of ether oxygens (including phenoxy) is 1. The molecule has 2 amide bonds. The molecule has 0 aliphatic carbocycles. The largest absolute Gasteiger partial charge is 0.450 e. The molecule has 1 fully saturated rings. The summed E-state index contributed by atoms with van der Waals surface area (Å²) in [4.78, 5) is 55.0. The van der Waals surface area contributed by atoms with Gasteiger partial charge in [0, 0.05) is 37.4 Å². The highest BCUT2D eigenvalue weighted by molar-refractivity contribution is 6.31. The summed E-state index contributed by atoms with van der Waals surface area (Å²) < 4.78 is 5.90. The van der Waals surface area contributed by atoms with Gasteiger partial charge in [-0.05, 0) is 18.6 Å². The molecule has 0 bridgehead atoms. The van der Waals surface area contributed by atoms with Gasteiger partial charge in [-0.3, -0.25) is 14.2 Å². The Labute approximate surface area is 171 Å². The first-order chi connectivity index (χ1) is 13.9. The van der Waals surface area contributed by atoms with Crippen LogP contribution in [0.2, 0.25) is 5.02 Å². The van der Waals surface area contributed by atoms with E-state index in [2.05, 4.69) is 4.98 Å². The smallest absolute Gasteiger partial charge is 0.409 e. The van der Waals surface area contributed by atoms with Crippen LogP contribution in [0, 0.1) is 0 Å². The number of hydrogen-bond acceptors (Lipinski definition) is 5. The van der Waals surface area contributed by atoms with Crippen molar-refractivity contribution in [3.8, 4) is 0 Å². The number of rotatable bonds is 4. The van der Waals surface area contributed by atoms with Crippen molar-refractivity contribution in [2.24, 2.45) is 0 Å². The molecule has 1 N–H and O–H groups in total. The molecule has 1 aliphatic heterocycles. The first-order valence-corrected chi connectivity index (χ1v) is 9.57. The molecule has 154 valence electrons. The number of nitrogens with zero attached hydrogens (tertiary/aromatic N) is 3. The van der Waals surface area contributed by atoms with E-state index in [1.807, 2.05) is 0 Å². The van der Waals surface area contributed by atoms with Crippen LogP contribution in [0.5, 0.6) is 0 Å². The predicted octanol–water partition coefficient (Wildman–Crippen LogP) is 1.15. The number of aromatic amines is 1. The van der Waals surface area contributed by atoms with E-state index in [9.17, 15) is 19.2 Å². The molecule has 2 aromatic rings. The van der Waals surface area contributed by atoms with Crippen molar-refractivity contribution in [1.82, 2.24) is 19.4 Å². The third-order valence-electron chi connectivity index (χ3n) is 4.67. The minimum Gasteiger partial charge on any atom is -0.450 e. The van der Waals surface area contributed by atoms with Crippen LogP contribution in [0.15, 0.2) is 40.1 Å². The summed E-state index contributed by atoms with van der Waals surface area (Å²) in [6.07, 6.45) is 0.708. The molecule has 0 saturated carbocycles. The molecule has 3 rings (SSSR count). The average molecular weight is 421 g/mol. The van der Waals surface area contributed by atoms with Crippen molar-refractivity contribution in [2.75, 3.05) is 32.8 Å². The van der Waals surface area contributed by atoms with Crippen molar-refractivity contribution in [3.63, 3.8) is 0 Å². The fourth-order valence-electron chi connectivity index (χ4n) is 3.08. The normalized spacial score (nSPS) is 14.0. The molecule has 0 radical (unpaired) electrons. The fraction of sp³-hybridized carbons (Fsp3) is 0.368. The summed E-state index contributed by atoms with van der Waals surface area (Å²) >= 11 is 6.12. The number of hydrogen-bond donors (Lipinski definition) is 1. The summed E-state index contributed by atoms with van der Waals surface area (Å²) in [6, 6.07) is 6.86. The van der Waals surface area contributed by atoms with Crippen molar-refractivity contribution in [1.29, 1.82) is 0 Å². The maximum Gasteiger partial charge on any atom is 0.409 e. The van der Waals surface area contributed by atoms with Gasteiger partial charge in [-0.2, -0.15) is 0 Å². The van der Waals surface area contributed by atoms with Crippen LogP contribution in [0.4, 0.5) is 4.79 Å². The number of benzene rings is 1. The summed E-state index contributed by atoms with van der Waals surface area (Å²) in [5.41, 5.74) is -0.860. The molecule has 10 heteroatoms. The molecule has 1 aliphatic rings. The van der Waals surface area contributed by atoms with Gasteiger partial charge in [-0.1, -0.05) is 29.8 Å². The molecule has 29 heavy (non-hydrogen) atoms. The summed E-state index contributed by atoms with van der Waals surface area (Å²) in [6.45, 7) is 3.10. The lowest BCUT2D eigenvalue weighted by Gasteiger charge is -2.33. The van der Waals surface area contributed by atoms with E-state index in [4.69, 9.17) is 16.3 Å². The summed E-state index contributed by atoms with van der Waals surface area (Å²) in [5.74, 6) is -0.498. The van der Waals surface area contributed by atoms with Crippen molar-refractivity contribution in [3.05, 3.63) is 67.4 Å². The van der Waals surface area contributed by atoms with Crippen LogP contribution >= 0.6 is 11.6 Å². The molecular formula is C19H21ClN4O5. The molecule has 9 nitrogen and oxygen atoms in total. The van der Waals surface area contributed by atoms with Gasteiger partial charge in [0.05, 0.1) is 13.2 Å². The first-order valence-electron chi connectivity index (χ1n) is 9.19. The van der Waals surface area contributed by atoms with Crippen LogP contribution < -0.4 is 11.2 Å². The first kappa shape index (κ1) is 20.7. The van der Waals surface area contributed by atoms with Crippen molar-refractivity contribution in [2.45, 2.75) is 13.5 Å². The van der Waals surface area contributed by atoms with Crippen LogP contribution in [0.25, 0.3) is 0 Å². The number of carbonyl (C=O) groups is 2. The van der Waals surface area contributed by atoms with Gasteiger partial charge in [0.1, 0.15) is 5.56 Å². The molecular weight excluding hydrogens is 400 g/mol. The van der Waals surface area contributed by atoms with Crippen LogP contribution in [-0.4, -0.2) is 64.1 Å². The lowest BCUT2D eigenvalue weighted by Crippen LogP contribution is -2.52. The summed E-state index contributed by atoms with van der Waals surface area (Å²) in [5, 5.41) is 0.422. The van der Waals surface area contributed by atoms with Crippen LogP contribution in [-0.2, 0) is 11.3 Å². The van der Waals surface area contributed by atoms with E-state index in [1.54, 1.807) is 31.2 Å². The molecule has 0 unspecified atom stereocenters. The second-order valence-corrected chi connectivity index (χ2v) is 6.88. The zero-order chi connectivity index (χ0) is 21.0. The second-order valence-electron chi connectivity index (χ2n) is 6.47. The predicted molar refractivity (Wildman–Crippen MR) is 106 cm³/mol. The Morgan fingerprint density at radius 2 is 1.76 bits per heavy atom. The number of carbonyl (C=O) groups excluding carboxylic acids is 2. The standard InChI is InChI=1S/C19H21ClN4O5/c1-2-29-19(28)23-9-7-22(8-10-23)16(25)14-11-21-18(27)24(17(14)26)12-13-5-3-4-6-15(13)20/h3-6,11H,2,7-10,12H2,1H3,(H,21,27). The minimum absolute atomic E-state index is 0.0500. The quantitative estimate of drug-likeness (QED) is 0.799. The van der Waals surface area contributed by atoms with E-state index in [1.165, 1.54) is 9.80 Å². The number of nitrogens with one attached hydrogen (secondary N) is 1. The van der Waals surface area contributed by atoms with Gasteiger partial charge in [-0.15, -0.1) is 0 Å². The highest BCUT2D eigenvalue weighted by atomic mass is 35.5. The van der Waals surface area contributed by atoms with Gasteiger partial charge < -0.3 is 19.5 Å². The highest BCUT2D eigenvalue weighted by Gasteiger charge is 2.27. The monoisotopic (exact) mass is 420 g/mol. The SMILES string of the molecule is CCOC(=O)N1CCN(C(=O)c2c[nH]c(=O)n(Cc3ccccc3Cl)c2=O)CC1. The second kappa shape index (κ2) is 8.95. The van der Waals surface area contributed by atoms with Gasteiger partial charge in [0.2, 0.25) is 0 Å². The molecule has 0 atom stereocenters. The number of halogens is 1. The summed E-state index contributed by atoms with van der Waals surface area (Å²) in [7, 11) is 0. The van der Waals surface area contributed by atoms with E-state index >= 15 is 0 Å². The minimum atomic E-state index is -0.688. The van der Waals surface area contributed by atoms with E-state index in [0.29, 0.717) is 23.7 Å². The number of H-pyrrole nitrogens is 1. The number of piperazine rings is 1. The topological polar surface area (TPSA) is 105 Å². The Morgan fingerprint density at radius 3 is 2.41 bits per heavy atom. The van der Waals surface area contributed by atoms with Crippen LogP contribution in [0.1, 0.15) is 22.8 Å². The lowest BCUT2D eigenvalue weighted by atomic mass is 10.2. The number of amides is 2. The van der Waals surface area contributed by atoms with Crippen molar-refractivity contribution >= 4 is 23.6 Å². The maximum atomic E-state index is 12.8. The third kappa shape index (κ3) is 4.51. The van der Waals surface area contributed by atoms with Crippen LogP contribution in [0.3, 0.4) is 0 Å². The Balaban J connectivity index is 1.79. The van der Waals surface area contributed by atoms with Gasteiger partial charge in [0.25, 0.3) is 11.5 Å². The third-order valence-corrected chi connectivity index (χ3v) is 5.04. The molecule has 2 heterocycles. The van der Waals surface area contributed by atoms with Gasteiger partial charge in [-0.25, -0.2) is 9.59 Å². The Bertz CT molecular complexity index is 1020. The number of aromatic nitrogens is 2. The van der Waals surface area contributed by atoms with E-state index in [0.717, 1.165) is 10.8 Å². The Morgan fingerprint density at radius 1 is 1.10 bits per heavy atom. The van der Waals surface area contributed by atoms with Crippen molar-refractivity contribution < 1.29 is 14.3 Å². The zero-order valence-electron chi connectivity index (χ0n) is 15.9. The molecule has 1 aromatic heterocycles. The maximum absolute atomic E-state index is 12.8. The van der Waals surface area contributed by atoms with Gasteiger partial charge >= 0.3 is 11.8 Å². The highest BCUT2D eigenvalue weighted by Crippen LogP contribution is 2.15. The van der Waals surface area contributed by atoms with Gasteiger partial charge in [0.15, 0.2) is 0 Å². The molecule has 1 saturated heterocycles. The lowest BCUT2D eigenvalue weighted by molar-refractivity contribution is 0.0568. The zero-order valence-corrected chi connectivity index (χ0v) is 16.6. The molecule has 0 spiro atoms. The molecule has 1 aromatic carbocycles. The Hall–Kier alpha value is -3.07. The van der Waals surface area contributed by atoms with E-state index in [-0.39, 0.29) is 31.8 Å². The average Bonchev–Trinajstić information content (AvgIpc) is 2.72. The Kier molecular flexibility index (Phi) is 6.38.